The molecular formula is C18H29ClN4O7. The topological polar surface area (TPSA) is 217 Å². The summed E-state index contributed by atoms with van der Waals surface area (Å²) in [5, 5.41) is 39.0. The lowest BCUT2D eigenvalue weighted by Gasteiger charge is -2.16. The second kappa shape index (κ2) is 13.0. The van der Waals surface area contributed by atoms with Crippen molar-refractivity contribution in [1.29, 1.82) is 0 Å². The molecule has 0 saturated carbocycles. The average Bonchev–Trinajstić information content (AvgIpc) is 2.64. The van der Waals surface area contributed by atoms with Crippen LogP contribution in [0.5, 0.6) is 5.75 Å². The lowest BCUT2D eigenvalue weighted by molar-refractivity contribution is -0.698. The molecule has 11 nitrogen and oxygen atoms in total. The number of carboxylic acid groups (broad SMARTS) is 3. The van der Waals surface area contributed by atoms with Gasteiger partial charge in [0.05, 0.1) is 5.97 Å². The van der Waals surface area contributed by atoms with E-state index in [9.17, 15) is 24.6 Å². The Balaban J connectivity index is 0.00000841. The minimum absolute atomic E-state index is 0. The molecule has 0 unspecified atom stereocenters. The number of aromatic hydroxyl groups is 1. The predicted octanol–water partition coefficient (Wildman–Crippen LogP) is -2.35. The van der Waals surface area contributed by atoms with Crippen molar-refractivity contribution in [3.05, 3.63) is 23.5 Å². The van der Waals surface area contributed by atoms with E-state index in [2.05, 4.69) is 0 Å². The molecule has 1 heterocycles. The fourth-order valence-corrected chi connectivity index (χ4v) is 2.81. The molecule has 170 valence electrons. The third-order valence-electron chi connectivity index (χ3n) is 4.57. The third kappa shape index (κ3) is 8.91. The zero-order valence-corrected chi connectivity index (χ0v) is 17.2. The van der Waals surface area contributed by atoms with Gasteiger partial charge in [0.1, 0.15) is 18.6 Å². The summed E-state index contributed by atoms with van der Waals surface area (Å²) in [4.78, 5) is 32.6. The molecule has 0 spiro atoms. The Bertz CT molecular complexity index is 747. The summed E-state index contributed by atoms with van der Waals surface area (Å²) in [6.07, 6.45) is 4.63. The molecule has 0 radical (unpaired) electrons. The van der Waals surface area contributed by atoms with Crippen LogP contribution in [0.25, 0.3) is 0 Å². The quantitative estimate of drug-likeness (QED) is 0.139. The van der Waals surface area contributed by atoms with E-state index in [0.29, 0.717) is 36.9 Å². The van der Waals surface area contributed by atoms with Gasteiger partial charge >= 0.3 is 11.9 Å². The van der Waals surface area contributed by atoms with Gasteiger partial charge in [-0.05, 0) is 32.1 Å². The van der Waals surface area contributed by atoms with Gasteiger partial charge in [-0.1, -0.05) is 0 Å². The number of carbonyl (C=O) groups is 3. The fourth-order valence-electron chi connectivity index (χ4n) is 2.81. The van der Waals surface area contributed by atoms with Crippen LogP contribution in [0.15, 0.2) is 12.4 Å². The molecule has 9 N–H and O–H groups in total. The van der Waals surface area contributed by atoms with Crippen LogP contribution >= 0.6 is 12.4 Å². The van der Waals surface area contributed by atoms with Crippen LogP contribution in [0, 0.1) is 0 Å². The summed E-state index contributed by atoms with van der Waals surface area (Å²) in [6, 6.07) is -3.37. The van der Waals surface area contributed by atoms with Crippen molar-refractivity contribution in [3.63, 3.8) is 0 Å². The van der Waals surface area contributed by atoms with Gasteiger partial charge in [-0.3, -0.25) is 9.59 Å². The number of halogens is 1. The maximum Gasteiger partial charge on any atom is 0.320 e. The van der Waals surface area contributed by atoms with Crippen LogP contribution in [0.4, 0.5) is 0 Å². The standard InChI is InChI=1S/C18H28N4O7.ClH/c19-12(16(24)25)3-1-2-6-22-8-10(4-5-13(20)17(26)27)11(15(23)9-22)7-14(21)18(28)29;/h8-9,12-14H,1-7,19-21H2,(H3-,23,24,25,26,27,28,29);1H/t12-,13-,14-;/m0./s1. The Morgan fingerprint density at radius 2 is 1.53 bits per heavy atom. The number of rotatable bonds is 13. The molecule has 0 aliphatic heterocycles. The molecule has 1 rings (SSSR count). The van der Waals surface area contributed by atoms with Crippen LogP contribution in [0.2, 0.25) is 0 Å². The minimum Gasteiger partial charge on any atom is -0.548 e. The number of carbonyl (C=O) groups excluding carboxylic acids is 1. The summed E-state index contributed by atoms with van der Waals surface area (Å²) in [5.74, 6) is -3.88. The highest BCUT2D eigenvalue weighted by atomic mass is 35.5. The van der Waals surface area contributed by atoms with Crippen LogP contribution < -0.4 is 26.9 Å². The summed E-state index contributed by atoms with van der Waals surface area (Å²) in [7, 11) is 0. The highest BCUT2D eigenvalue weighted by Crippen LogP contribution is 2.22. The predicted molar refractivity (Wildman–Crippen MR) is 106 cm³/mol. The number of carboxylic acids is 3. The second-order valence-corrected chi connectivity index (χ2v) is 6.94. The van der Waals surface area contributed by atoms with Crippen molar-refractivity contribution in [2.45, 2.75) is 63.2 Å². The van der Waals surface area contributed by atoms with E-state index in [1.165, 1.54) is 6.20 Å². The number of unbranched alkanes of at least 4 members (excludes halogenated alkanes) is 1. The lowest BCUT2D eigenvalue weighted by atomic mass is 9.96. The van der Waals surface area contributed by atoms with Gasteiger partial charge < -0.3 is 42.4 Å². The number of aryl methyl sites for hydroxylation is 2. The first-order valence-corrected chi connectivity index (χ1v) is 9.20. The SMILES string of the molecule is Cl.N[C@@H](Cc1c(O)c[n+](CCCC[C@H](N)C(=O)O)cc1CC[C@H](N)C(=O)O)C(=O)[O-]. The van der Waals surface area contributed by atoms with Crippen LogP contribution in [0.1, 0.15) is 36.8 Å². The first-order valence-electron chi connectivity index (χ1n) is 9.20. The number of pyridine rings is 1. The molecule has 0 aliphatic rings. The highest BCUT2D eigenvalue weighted by Gasteiger charge is 2.21. The van der Waals surface area contributed by atoms with Gasteiger partial charge in [-0.15, -0.1) is 12.4 Å². The Labute approximate surface area is 179 Å². The molecular weight excluding hydrogens is 420 g/mol. The van der Waals surface area contributed by atoms with Crippen LogP contribution in [-0.2, 0) is 33.8 Å². The molecule has 1 aromatic heterocycles. The lowest BCUT2D eigenvalue weighted by Crippen LogP contribution is -2.43. The molecule has 0 aromatic carbocycles. The summed E-state index contributed by atoms with van der Waals surface area (Å²) < 4.78 is 1.66. The van der Waals surface area contributed by atoms with Crippen molar-refractivity contribution in [3.8, 4) is 5.75 Å². The molecule has 12 heteroatoms. The van der Waals surface area contributed by atoms with Gasteiger partial charge in [0.25, 0.3) is 0 Å². The van der Waals surface area contributed by atoms with E-state index in [1.807, 2.05) is 0 Å². The molecule has 30 heavy (non-hydrogen) atoms. The van der Waals surface area contributed by atoms with Crippen molar-refractivity contribution >= 4 is 30.3 Å². The zero-order valence-electron chi connectivity index (χ0n) is 16.4. The molecule has 0 aliphatic carbocycles. The Morgan fingerprint density at radius 1 is 0.967 bits per heavy atom. The van der Waals surface area contributed by atoms with Crippen LogP contribution in [0.3, 0.4) is 0 Å². The molecule has 0 fully saturated rings. The normalized spacial score (nSPS) is 13.7. The number of hydrogen-bond donors (Lipinski definition) is 6. The number of hydrogen-bond acceptors (Lipinski definition) is 8. The van der Waals surface area contributed by atoms with Gasteiger partial charge in [-0.25, -0.2) is 4.57 Å². The van der Waals surface area contributed by atoms with Gasteiger partial charge in [0.15, 0.2) is 11.9 Å². The Kier molecular flexibility index (Phi) is 11.9. The summed E-state index contributed by atoms with van der Waals surface area (Å²) in [6.45, 7) is 0.449. The Morgan fingerprint density at radius 3 is 2.07 bits per heavy atom. The number of nitrogens with zero attached hydrogens (tertiary/aromatic N) is 1. The van der Waals surface area contributed by atoms with E-state index < -0.39 is 36.0 Å². The fraction of sp³-hybridized carbons (Fsp3) is 0.556. The monoisotopic (exact) mass is 448 g/mol. The van der Waals surface area contributed by atoms with E-state index in [1.54, 1.807) is 10.8 Å². The average molecular weight is 449 g/mol. The smallest absolute Gasteiger partial charge is 0.320 e. The largest absolute Gasteiger partial charge is 0.548 e. The van der Waals surface area contributed by atoms with Gasteiger partial charge in [0.2, 0.25) is 6.20 Å². The zero-order chi connectivity index (χ0) is 22.1. The van der Waals surface area contributed by atoms with E-state index in [4.69, 9.17) is 27.4 Å². The van der Waals surface area contributed by atoms with Gasteiger partial charge in [0, 0.05) is 23.6 Å². The van der Waals surface area contributed by atoms with Crippen LogP contribution in [-0.4, -0.2) is 51.4 Å². The van der Waals surface area contributed by atoms with Crippen molar-refractivity contribution in [1.82, 2.24) is 0 Å². The van der Waals surface area contributed by atoms with E-state index >= 15 is 0 Å². The minimum atomic E-state index is -1.47. The molecule has 0 saturated heterocycles. The number of nitrogens with two attached hydrogens (primary N) is 3. The van der Waals surface area contributed by atoms with E-state index in [0.717, 1.165) is 0 Å². The highest BCUT2D eigenvalue weighted by molar-refractivity contribution is 5.85. The maximum atomic E-state index is 11.0. The second-order valence-electron chi connectivity index (χ2n) is 6.94. The molecule has 0 bridgehead atoms. The first-order chi connectivity index (χ1) is 13.5. The maximum absolute atomic E-state index is 11.0. The van der Waals surface area contributed by atoms with E-state index in [-0.39, 0.29) is 37.4 Å². The third-order valence-corrected chi connectivity index (χ3v) is 4.57. The van der Waals surface area contributed by atoms with Crippen molar-refractivity contribution < 1.29 is 39.4 Å². The molecule has 3 atom stereocenters. The Hall–Kier alpha value is -2.47. The summed E-state index contributed by atoms with van der Waals surface area (Å²) in [5.41, 5.74) is 17.3. The van der Waals surface area contributed by atoms with Crippen molar-refractivity contribution in [2.75, 3.05) is 0 Å². The van der Waals surface area contributed by atoms with Gasteiger partial charge in [-0.2, -0.15) is 0 Å². The number of aromatic nitrogens is 1. The molecule has 0 amide bonds. The number of aliphatic carboxylic acids is 3. The first kappa shape index (κ1) is 27.5. The van der Waals surface area contributed by atoms with Crippen molar-refractivity contribution in [2.24, 2.45) is 17.2 Å². The summed E-state index contributed by atoms with van der Waals surface area (Å²) >= 11 is 0. The molecule has 1 aromatic rings.